The predicted octanol–water partition coefficient (Wildman–Crippen LogP) is 1.73. The van der Waals surface area contributed by atoms with E-state index in [1.54, 1.807) is 22.6 Å². The summed E-state index contributed by atoms with van der Waals surface area (Å²) in [5, 5.41) is 10.2. The normalized spacial score (nSPS) is 25.3. The van der Waals surface area contributed by atoms with Crippen LogP contribution in [0, 0.1) is 5.41 Å². The number of aromatic nitrogens is 2. The summed E-state index contributed by atoms with van der Waals surface area (Å²) in [6.07, 6.45) is 6.39. The molecule has 2 aliphatic heterocycles. The van der Waals surface area contributed by atoms with Gasteiger partial charge in [-0.15, -0.1) is 0 Å². The van der Waals surface area contributed by atoms with Gasteiger partial charge in [-0.2, -0.15) is 5.10 Å². The third-order valence-corrected chi connectivity index (χ3v) is 6.49. The van der Waals surface area contributed by atoms with Crippen LogP contribution in [0.4, 0.5) is 0 Å². The summed E-state index contributed by atoms with van der Waals surface area (Å²) in [5.41, 5.74) is -0.127. The number of carbonyl (C=O) groups is 3. The number of aryl methyl sites for hydroxylation is 1. The van der Waals surface area contributed by atoms with Gasteiger partial charge in [-0.3, -0.25) is 19.1 Å². The van der Waals surface area contributed by atoms with Crippen molar-refractivity contribution in [2.24, 2.45) is 5.41 Å². The van der Waals surface area contributed by atoms with Crippen LogP contribution in [-0.4, -0.2) is 70.8 Å². The maximum Gasteiger partial charge on any atom is 0.274 e. The molecular formula is C23H37N5O4. The first kappa shape index (κ1) is 24.2. The first-order valence-corrected chi connectivity index (χ1v) is 11.9. The number of ether oxygens (including phenoxy) is 1. The molecule has 3 heterocycles. The van der Waals surface area contributed by atoms with E-state index >= 15 is 0 Å². The minimum Gasteiger partial charge on any atom is -0.379 e. The van der Waals surface area contributed by atoms with Crippen LogP contribution < -0.4 is 10.6 Å². The fourth-order valence-corrected chi connectivity index (χ4v) is 4.47. The summed E-state index contributed by atoms with van der Waals surface area (Å²) >= 11 is 0. The molecule has 0 unspecified atom stereocenters. The van der Waals surface area contributed by atoms with Gasteiger partial charge >= 0.3 is 0 Å². The van der Waals surface area contributed by atoms with E-state index in [0.717, 1.165) is 32.2 Å². The molecule has 0 bridgehead atoms. The number of carbonyl (C=O) groups excluding carboxylic acids is 3. The maximum absolute atomic E-state index is 13.3. The molecule has 9 nitrogen and oxygen atoms in total. The van der Waals surface area contributed by atoms with Crippen molar-refractivity contribution in [1.82, 2.24) is 25.3 Å². The molecule has 32 heavy (non-hydrogen) atoms. The molecule has 3 amide bonds. The molecule has 2 aliphatic rings. The van der Waals surface area contributed by atoms with E-state index in [2.05, 4.69) is 22.7 Å². The van der Waals surface area contributed by atoms with Crippen molar-refractivity contribution in [2.75, 3.05) is 26.3 Å². The number of nitrogens with zero attached hydrogens (tertiary/aromatic N) is 3. The Morgan fingerprint density at radius 3 is 2.66 bits per heavy atom. The van der Waals surface area contributed by atoms with E-state index in [4.69, 9.17) is 4.74 Å². The molecule has 2 saturated heterocycles. The Labute approximate surface area is 190 Å². The van der Waals surface area contributed by atoms with Gasteiger partial charge in [0.1, 0.15) is 11.7 Å². The third-order valence-electron chi connectivity index (χ3n) is 6.49. The Bertz CT molecular complexity index is 800. The Morgan fingerprint density at radius 2 is 1.94 bits per heavy atom. The lowest BCUT2D eigenvalue weighted by Gasteiger charge is -2.41. The summed E-state index contributed by atoms with van der Waals surface area (Å²) in [7, 11) is 0. The average molecular weight is 448 g/mol. The number of piperidine rings is 1. The lowest BCUT2D eigenvalue weighted by Crippen LogP contribution is -2.55. The first-order valence-electron chi connectivity index (χ1n) is 11.9. The van der Waals surface area contributed by atoms with Gasteiger partial charge in [0.05, 0.1) is 12.0 Å². The van der Waals surface area contributed by atoms with Crippen molar-refractivity contribution < 1.29 is 19.1 Å². The number of hydrogen-bond donors (Lipinski definition) is 2. The second-order valence-electron chi connectivity index (χ2n) is 9.17. The molecule has 0 radical (unpaired) electrons. The van der Waals surface area contributed by atoms with Crippen LogP contribution in [0.3, 0.4) is 0 Å². The first-order chi connectivity index (χ1) is 15.3. The molecule has 2 atom stereocenters. The van der Waals surface area contributed by atoms with Crippen molar-refractivity contribution in [3.63, 3.8) is 0 Å². The van der Waals surface area contributed by atoms with Gasteiger partial charge in [0, 0.05) is 38.5 Å². The molecule has 0 aromatic carbocycles. The van der Waals surface area contributed by atoms with E-state index in [-0.39, 0.29) is 23.8 Å². The van der Waals surface area contributed by atoms with E-state index in [0.29, 0.717) is 44.8 Å². The summed E-state index contributed by atoms with van der Waals surface area (Å²) in [4.78, 5) is 40.5. The standard InChI is InChI=1S/C23H37N5O4/c1-4-11-28-12-7-19(26-28)21(30)27-13-9-23(10-14-27)8-5-6-15-32-16-17(2)24-20(29)18(3)25-22(23)31/h7,12,17-18H,4-6,8-11,13-16H2,1-3H3,(H,24,29)(H,25,31)/t17-,18-/m0/s1. The van der Waals surface area contributed by atoms with Crippen LogP contribution in [-0.2, 0) is 20.9 Å². The largest absolute Gasteiger partial charge is 0.379 e. The van der Waals surface area contributed by atoms with Gasteiger partial charge in [0.25, 0.3) is 5.91 Å². The molecule has 1 aromatic heterocycles. The fraction of sp³-hybridized carbons (Fsp3) is 0.739. The van der Waals surface area contributed by atoms with Crippen LogP contribution in [0.1, 0.15) is 69.8 Å². The zero-order valence-electron chi connectivity index (χ0n) is 19.6. The lowest BCUT2D eigenvalue weighted by atomic mass is 9.73. The molecule has 0 saturated carbocycles. The zero-order chi connectivity index (χ0) is 23.1. The van der Waals surface area contributed by atoms with Crippen LogP contribution in [0.5, 0.6) is 0 Å². The molecule has 9 heteroatoms. The quantitative estimate of drug-likeness (QED) is 0.734. The Morgan fingerprint density at radius 1 is 1.19 bits per heavy atom. The predicted molar refractivity (Wildman–Crippen MR) is 120 cm³/mol. The monoisotopic (exact) mass is 447 g/mol. The van der Waals surface area contributed by atoms with Gasteiger partial charge in [-0.25, -0.2) is 0 Å². The minimum atomic E-state index is -0.621. The average Bonchev–Trinajstić information content (AvgIpc) is 3.24. The summed E-state index contributed by atoms with van der Waals surface area (Å²) in [6.45, 7) is 8.53. The van der Waals surface area contributed by atoms with Crippen LogP contribution in [0.2, 0.25) is 0 Å². The number of amides is 3. The number of nitrogens with one attached hydrogen (secondary N) is 2. The zero-order valence-corrected chi connectivity index (χ0v) is 19.6. The molecule has 1 aromatic rings. The third kappa shape index (κ3) is 5.88. The van der Waals surface area contributed by atoms with Crippen LogP contribution in [0.15, 0.2) is 12.3 Å². The van der Waals surface area contributed by atoms with Gasteiger partial charge in [0.2, 0.25) is 11.8 Å². The van der Waals surface area contributed by atoms with Crippen LogP contribution in [0.25, 0.3) is 0 Å². The summed E-state index contributed by atoms with van der Waals surface area (Å²) in [6, 6.07) is 1.03. The van der Waals surface area contributed by atoms with Crippen molar-refractivity contribution in [3.05, 3.63) is 18.0 Å². The van der Waals surface area contributed by atoms with Crippen molar-refractivity contribution in [1.29, 1.82) is 0 Å². The molecule has 3 rings (SSSR count). The second-order valence-corrected chi connectivity index (χ2v) is 9.17. The Balaban J connectivity index is 1.67. The molecule has 178 valence electrons. The Kier molecular flexibility index (Phi) is 8.28. The van der Waals surface area contributed by atoms with E-state index < -0.39 is 11.5 Å². The van der Waals surface area contributed by atoms with Gasteiger partial charge in [0.15, 0.2) is 0 Å². The SMILES string of the molecule is CCCn1ccc(C(=O)N2CCC3(CCCCOC[C@H](C)NC(=O)[C@H](C)NC3=O)CC2)n1. The fourth-order valence-electron chi connectivity index (χ4n) is 4.47. The number of rotatable bonds is 3. The highest BCUT2D eigenvalue weighted by molar-refractivity contribution is 5.93. The van der Waals surface area contributed by atoms with Crippen molar-refractivity contribution in [3.8, 4) is 0 Å². The van der Waals surface area contributed by atoms with E-state index in [1.165, 1.54) is 0 Å². The molecule has 1 spiro atoms. The summed E-state index contributed by atoms with van der Waals surface area (Å²) < 4.78 is 7.47. The maximum atomic E-state index is 13.3. The van der Waals surface area contributed by atoms with Crippen molar-refractivity contribution in [2.45, 2.75) is 77.9 Å². The van der Waals surface area contributed by atoms with Crippen LogP contribution >= 0.6 is 0 Å². The van der Waals surface area contributed by atoms with Gasteiger partial charge in [-0.05, 0) is 52.0 Å². The smallest absolute Gasteiger partial charge is 0.274 e. The highest BCUT2D eigenvalue weighted by Gasteiger charge is 2.43. The van der Waals surface area contributed by atoms with Crippen molar-refractivity contribution >= 4 is 17.7 Å². The van der Waals surface area contributed by atoms with E-state index in [9.17, 15) is 14.4 Å². The molecule has 0 aliphatic carbocycles. The van der Waals surface area contributed by atoms with Gasteiger partial charge < -0.3 is 20.3 Å². The second kappa shape index (κ2) is 10.9. The number of hydrogen-bond acceptors (Lipinski definition) is 5. The molecule has 2 fully saturated rings. The highest BCUT2D eigenvalue weighted by atomic mass is 16.5. The van der Waals surface area contributed by atoms with Gasteiger partial charge in [-0.1, -0.05) is 13.3 Å². The lowest BCUT2D eigenvalue weighted by molar-refractivity contribution is -0.137. The Hall–Kier alpha value is -2.42. The van der Waals surface area contributed by atoms with E-state index in [1.807, 2.05) is 13.1 Å². The minimum absolute atomic E-state index is 0.0881. The highest BCUT2D eigenvalue weighted by Crippen LogP contribution is 2.37. The number of likely N-dealkylation sites (tertiary alicyclic amines) is 1. The topological polar surface area (TPSA) is 106 Å². The summed E-state index contributed by atoms with van der Waals surface area (Å²) in [5.74, 6) is -0.388. The molecule has 2 N–H and O–H groups in total. The molecular weight excluding hydrogens is 410 g/mol.